The molecule has 4 nitrogen and oxygen atoms in total. The summed E-state index contributed by atoms with van der Waals surface area (Å²) >= 11 is 0. The van der Waals surface area contributed by atoms with Gasteiger partial charge in [-0.3, -0.25) is 10.1 Å². The van der Waals surface area contributed by atoms with Crippen molar-refractivity contribution < 1.29 is 14.6 Å². The lowest BCUT2D eigenvalue weighted by Crippen LogP contribution is -2.55. The van der Waals surface area contributed by atoms with E-state index in [1.165, 1.54) is 12.8 Å². The first-order valence-electron chi connectivity index (χ1n) is 6.03. The van der Waals surface area contributed by atoms with Gasteiger partial charge in [0.1, 0.15) is 5.54 Å². The zero-order chi connectivity index (χ0) is 12.2. The highest BCUT2D eigenvalue weighted by molar-refractivity contribution is 5.78. The van der Waals surface area contributed by atoms with Crippen molar-refractivity contribution in [3.63, 3.8) is 0 Å². The molecule has 1 rings (SSSR count). The van der Waals surface area contributed by atoms with Gasteiger partial charge in [-0.1, -0.05) is 13.3 Å². The fraction of sp³-hybridized carbons (Fsp3) is 0.917. The summed E-state index contributed by atoms with van der Waals surface area (Å²) in [5, 5.41) is 12.5. The second-order valence-electron chi connectivity index (χ2n) is 4.93. The van der Waals surface area contributed by atoms with Crippen molar-refractivity contribution in [2.75, 3.05) is 13.7 Å². The maximum atomic E-state index is 11.3. The maximum Gasteiger partial charge on any atom is 0.323 e. The second-order valence-corrected chi connectivity index (χ2v) is 4.93. The molecule has 16 heavy (non-hydrogen) atoms. The number of hydrogen-bond donors (Lipinski definition) is 2. The molecule has 1 saturated carbocycles. The molecule has 94 valence electrons. The van der Waals surface area contributed by atoms with Crippen molar-refractivity contribution in [2.24, 2.45) is 5.92 Å². The minimum atomic E-state index is -0.819. The van der Waals surface area contributed by atoms with Gasteiger partial charge in [0, 0.05) is 13.2 Å². The molecule has 1 fully saturated rings. The van der Waals surface area contributed by atoms with Crippen molar-refractivity contribution >= 4 is 5.97 Å². The van der Waals surface area contributed by atoms with Crippen LogP contribution in [0.1, 0.15) is 39.5 Å². The lowest BCUT2D eigenvalue weighted by atomic mass is 9.94. The number of carboxylic acid groups (broad SMARTS) is 1. The highest BCUT2D eigenvalue weighted by atomic mass is 16.5. The largest absolute Gasteiger partial charge is 0.480 e. The highest BCUT2D eigenvalue weighted by Gasteiger charge is 2.39. The second kappa shape index (κ2) is 5.64. The van der Waals surface area contributed by atoms with E-state index in [-0.39, 0.29) is 6.04 Å². The van der Waals surface area contributed by atoms with E-state index in [0.29, 0.717) is 18.9 Å². The Bertz CT molecular complexity index is 240. The normalized spacial score (nSPS) is 21.4. The van der Waals surface area contributed by atoms with Crippen LogP contribution in [0.25, 0.3) is 0 Å². The SMILES string of the molecule is CCCC(C)(NC(COC)C1CC1)C(=O)O. The summed E-state index contributed by atoms with van der Waals surface area (Å²) in [6.07, 6.45) is 3.88. The third-order valence-electron chi connectivity index (χ3n) is 3.26. The van der Waals surface area contributed by atoms with Gasteiger partial charge in [0.15, 0.2) is 0 Å². The van der Waals surface area contributed by atoms with Gasteiger partial charge in [0.25, 0.3) is 0 Å². The van der Waals surface area contributed by atoms with Crippen molar-refractivity contribution in [2.45, 2.75) is 51.1 Å². The average Bonchev–Trinajstić information content (AvgIpc) is 3.00. The van der Waals surface area contributed by atoms with Crippen LogP contribution in [0.5, 0.6) is 0 Å². The summed E-state index contributed by atoms with van der Waals surface area (Å²) in [6.45, 7) is 4.37. The fourth-order valence-corrected chi connectivity index (χ4v) is 2.12. The van der Waals surface area contributed by atoms with E-state index >= 15 is 0 Å². The van der Waals surface area contributed by atoms with Crippen LogP contribution >= 0.6 is 0 Å². The Morgan fingerprint density at radius 3 is 2.62 bits per heavy atom. The van der Waals surface area contributed by atoms with Gasteiger partial charge in [-0.15, -0.1) is 0 Å². The minimum Gasteiger partial charge on any atom is -0.480 e. The Morgan fingerprint density at radius 1 is 1.62 bits per heavy atom. The number of nitrogens with one attached hydrogen (secondary N) is 1. The molecule has 1 aliphatic rings. The van der Waals surface area contributed by atoms with Crippen molar-refractivity contribution in [3.8, 4) is 0 Å². The summed E-state index contributed by atoms with van der Waals surface area (Å²) in [6, 6.07) is 0.178. The summed E-state index contributed by atoms with van der Waals surface area (Å²) in [7, 11) is 1.66. The number of carbonyl (C=O) groups is 1. The third kappa shape index (κ3) is 3.46. The number of aliphatic carboxylic acids is 1. The predicted octanol–water partition coefficient (Wildman–Crippen LogP) is 1.64. The Balaban J connectivity index is 2.60. The van der Waals surface area contributed by atoms with Gasteiger partial charge in [0.2, 0.25) is 0 Å². The first kappa shape index (κ1) is 13.5. The van der Waals surface area contributed by atoms with E-state index in [9.17, 15) is 9.90 Å². The van der Waals surface area contributed by atoms with Crippen molar-refractivity contribution in [3.05, 3.63) is 0 Å². The fourth-order valence-electron chi connectivity index (χ4n) is 2.12. The van der Waals surface area contributed by atoms with E-state index in [1.54, 1.807) is 14.0 Å². The van der Waals surface area contributed by atoms with E-state index in [4.69, 9.17) is 4.74 Å². The Hall–Kier alpha value is -0.610. The Morgan fingerprint density at radius 2 is 2.25 bits per heavy atom. The molecule has 1 aliphatic carbocycles. The minimum absolute atomic E-state index is 0.178. The summed E-state index contributed by atoms with van der Waals surface area (Å²) in [5.41, 5.74) is -0.819. The quantitative estimate of drug-likeness (QED) is 0.664. The summed E-state index contributed by atoms with van der Waals surface area (Å²) < 4.78 is 5.15. The van der Waals surface area contributed by atoms with Crippen LogP contribution in [0.2, 0.25) is 0 Å². The molecule has 0 amide bonds. The molecule has 0 radical (unpaired) electrons. The molecular weight excluding hydrogens is 206 g/mol. The van der Waals surface area contributed by atoms with Crippen LogP contribution in [0.15, 0.2) is 0 Å². The van der Waals surface area contributed by atoms with Crippen LogP contribution < -0.4 is 5.32 Å². The lowest BCUT2D eigenvalue weighted by Gasteiger charge is -2.31. The summed E-state index contributed by atoms with van der Waals surface area (Å²) in [4.78, 5) is 11.3. The van der Waals surface area contributed by atoms with E-state index in [0.717, 1.165) is 6.42 Å². The molecule has 0 saturated heterocycles. The monoisotopic (exact) mass is 229 g/mol. The average molecular weight is 229 g/mol. The van der Waals surface area contributed by atoms with Crippen LogP contribution in [0, 0.1) is 5.92 Å². The first-order chi connectivity index (χ1) is 7.53. The van der Waals surface area contributed by atoms with Gasteiger partial charge < -0.3 is 9.84 Å². The zero-order valence-corrected chi connectivity index (χ0v) is 10.5. The molecule has 2 unspecified atom stereocenters. The predicted molar refractivity (Wildman–Crippen MR) is 62.5 cm³/mol. The van der Waals surface area contributed by atoms with Gasteiger partial charge in [-0.05, 0) is 32.1 Å². The highest BCUT2D eigenvalue weighted by Crippen LogP contribution is 2.34. The molecule has 0 aliphatic heterocycles. The zero-order valence-electron chi connectivity index (χ0n) is 10.5. The Kier molecular flexibility index (Phi) is 4.74. The van der Waals surface area contributed by atoms with E-state index in [2.05, 4.69) is 5.32 Å². The molecular formula is C12H23NO3. The van der Waals surface area contributed by atoms with Crippen LogP contribution in [-0.2, 0) is 9.53 Å². The topological polar surface area (TPSA) is 58.6 Å². The molecule has 0 spiro atoms. The third-order valence-corrected chi connectivity index (χ3v) is 3.26. The van der Waals surface area contributed by atoms with Gasteiger partial charge in [-0.2, -0.15) is 0 Å². The number of carboxylic acids is 1. The van der Waals surface area contributed by atoms with E-state index < -0.39 is 11.5 Å². The number of ether oxygens (including phenoxy) is 1. The molecule has 0 aromatic rings. The van der Waals surface area contributed by atoms with Crippen molar-refractivity contribution in [1.82, 2.24) is 5.32 Å². The molecule has 0 heterocycles. The molecule has 0 aromatic carbocycles. The molecule has 2 N–H and O–H groups in total. The molecule has 2 atom stereocenters. The van der Waals surface area contributed by atoms with Crippen molar-refractivity contribution in [1.29, 1.82) is 0 Å². The van der Waals surface area contributed by atoms with Gasteiger partial charge in [-0.25, -0.2) is 0 Å². The number of hydrogen-bond acceptors (Lipinski definition) is 3. The van der Waals surface area contributed by atoms with Gasteiger partial charge >= 0.3 is 5.97 Å². The van der Waals surface area contributed by atoms with Gasteiger partial charge in [0.05, 0.1) is 6.61 Å². The smallest absolute Gasteiger partial charge is 0.323 e. The number of methoxy groups -OCH3 is 1. The number of rotatable bonds is 8. The van der Waals surface area contributed by atoms with Crippen LogP contribution in [0.4, 0.5) is 0 Å². The first-order valence-corrected chi connectivity index (χ1v) is 6.03. The van der Waals surface area contributed by atoms with Crippen LogP contribution in [0.3, 0.4) is 0 Å². The Labute approximate surface area is 97.4 Å². The maximum absolute atomic E-state index is 11.3. The standard InChI is InChI=1S/C12H23NO3/c1-4-7-12(2,11(14)15)13-10(8-16-3)9-5-6-9/h9-10,13H,4-8H2,1-3H3,(H,14,15). The summed E-state index contributed by atoms with van der Waals surface area (Å²) in [5.74, 6) is -0.174. The van der Waals surface area contributed by atoms with E-state index in [1.807, 2.05) is 6.92 Å². The molecule has 0 bridgehead atoms. The van der Waals surface area contributed by atoms with Crippen LogP contribution in [-0.4, -0.2) is 36.4 Å². The molecule has 0 aromatic heterocycles. The molecule has 4 heteroatoms. The lowest BCUT2D eigenvalue weighted by molar-refractivity contribution is -0.145.